The van der Waals surface area contributed by atoms with Crippen LogP contribution in [0.3, 0.4) is 0 Å². The van der Waals surface area contributed by atoms with Crippen molar-refractivity contribution in [2.45, 2.75) is 31.3 Å². The third-order valence-corrected chi connectivity index (χ3v) is 7.84. The SMILES string of the molecule is CC(C)(C)c1ccc(-c2[nH]nc(SCC(=O)N/N=C/c3cc(I)cc(I)c3[O-])[n+]2-c2ccccc2)cc1. The van der Waals surface area contributed by atoms with Crippen LogP contribution in [0.15, 0.2) is 77.0 Å². The zero-order valence-electron chi connectivity index (χ0n) is 20.5. The fourth-order valence-corrected chi connectivity index (χ4v) is 6.19. The number of nitrogens with zero attached hydrogens (tertiary/aromatic N) is 3. The van der Waals surface area contributed by atoms with Crippen molar-refractivity contribution in [1.82, 2.24) is 15.6 Å². The van der Waals surface area contributed by atoms with E-state index in [1.54, 1.807) is 12.1 Å². The molecule has 0 spiro atoms. The normalized spacial score (nSPS) is 11.7. The first-order chi connectivity index (χ1) is 17.6. The molecule has 0 radical (unpaired) electrons. The second-order valence-corrected chi connectivity index (χ2v) is 12.6. The highest BCUT2D eigenvalue weighted by Crippen LogP contribution is 2.26. The van der Waals surface area contributed by atoms with Gasteiger partial charge in [-0.25, -0.2) is 5.43 Å². The minimum absolute atomic E-state index is 0.0610. The number of benzene rings is 3. The average Bonchev–Trinajstić information content (AvgIpc) is 3.29. The number of carbonyl (C=O) groups excluding carboxylic acids is 1. The highest BCUT2D eigenvalue weighted by Gasteiger charge is 2.25. The van der Waals surface area contributed by atoms with E-state index < -0.39 is 0 Å². The van der Waals surface area contributed by atoms with E-state index in [9.17, 15) is 9.90 Å². The molecule has 7 nitrogen and oxygen atoms in total. The van der Waals surface area contributed by atoms with Gasteiger partial charge in [-0.3, -0.25) is 4.79 Å². The molecule has 3 aromatic carbocycles. The van der Waals surface area contributed by atoms with Gasteiger partial charge in [-0.15, -0.1) is 5.10 Å². The number of hydrogen-bond acceptors (Lipinski definition) is 5. The van der Waals surface area contributed by atoms with Crippen molar-refractivity contribution in [2.24, 2.45) is 5.10 Å². The topological polar surface area (TPSA) is 97.1 Å². The summed E-state index contributed by atoms with van der Waals surface area (Å²) in [6.07, 6.45) is 1.38. The molecule has 0 aliphatic carbocycles. The molecule has 0 aliphatic heterocycles. The number of aromatic nitrogens is 3. The van der Waals surface area contributed by atoms with Crippen molar-refractivity contribution in [3.63, 3.8) is 0 Å². The number of aromatic amines is 1. The van der Waals surface area contributed by atoms with Gasteiger partial charge in [0.05, 0.1) is 22.6 Å². The van der Waals surface area contributed by atoms with Crippen molar-refractivity contribution in [2.75, 3.05) is 5.75 Å². The van der Waals surface area contributed by atoms with Gasteiger partial charge < -0.3 is 5.11 Å². The predicted molar refractivity (Wildman–Crippen MR) is 162 cm³/mol. The first kappa shape index (κ1) is 27.6. The number of nitrogens with one attached hydrogen (secondary N) is 2. The molecule has 0 saturated heterocycles. The maximum Gasteiger partial charge on any atom is 0.342 e. The van der Waals surface area contributed by atoms with Crippen LogP contribution in [0, 0.1) is 7.14 Å². The van der Waals surface area contributed by atoms with E-state index >= 15 is 0 Å². The van der Waals surface area contributed by atoms with Gasteiger partial charge in [-0.2, -0.15) is 9.67 Å². The molecule has 2 N–H and O–H groups in total. The fraction of sp³-hybridized carbons (Fsp3) is 0.185. The zero-order valence-corrected chi connectivity index (χ0v) is 25.6. The summed E-state index contributed by atoms with van der Waals surface area (Å²) in [7, 11) is 0. The monoisotopic (exact) mass is 737 g/mol. The van der Waals surface area contributed by atoms with E-state index in [-0.39, 0.29) is 22.8 Å². The lowest BCUT2D eigenvalue weighted by atomic mass is 9.87. The smallest absolute Gasteiger partial charge is 0.342 e. The number of amides is 1. The minimum atomic E-state index is -0.298. The Labute approximate surface area is 247 Å². The maximum atomic E-state index is 12.5. The predicted octanol–water partition coefficient (Wildman–Crippen LogP) is 5.18. The Morgan fingerprint density at radius 2 is 1.84 bits per heavy atom. The standard InChI is InChI=1S/C27H25I2N5O2S/c1-27(2,3)19-11-9-17(10-12-19)25-32-33-26(34(25)21-7-5-4-6-8-21)37-16-23(35)31-30-15-18-13-20(28)14-22(29)24(18)36/h4-15H,16H2,1-3H3,(H2,30,31,35,36). The lowest BCUT2D eigenvalue weighted by Gasteiger charge is -2.18. The summed E-state index contributed by atoms with van der Waals surface area (Å²) in [5.74, 6) is 0.513. The first-order valence-electron chi connectivity index (χ1n) is 11.4. The van der Waals surface area contributed by atoms with Crippen LogP contribution in [0.25, 0.3) is 17.1 Å². The summed E-state index contributed by atoms with van der Waals surface area (Å²) < 4.78 is 3.55. The second-order valence-electron chi connectivity index (χ2n) is 9.24. The van der Waals surface area contributed by atoms with Crippen molar-refractivity contribution in [3.8, 4) is 22.8 Å². The Bertz CT molecular complexity index is 1430. The van der Waals surface area contributed by atoms with Crippen molar-refractivity contribution in [3.05, 3.63) is 85.0 Å². The Morgan fingerprint density at radius 3 is 2.51 bits per heavy atom. The van der Waals surface area contributed by atoms with E-state index in [0.717, 1.165) is 20.6 Å². The van der Waals surface area contributed by atoms with E-state index in [0.29, 0.717) is 14.3 Å². The summed E-state index contributed by atoms with van der Waals surface area (Å²) >= 11 is 5.44. The minimum Gasteiger partial charge on any atom is -0.871 e. The summed E-state index contributed by atoms with van der Waals surface area (Å²) in [5, 5.41) is 24.5. The highest BCUT2D eigenvalue weighted by atomic mass is 127. The molecule has 10 heteroatoms. The number of rotatable bonds is 7. The summed E-state index contributed by atoms with van der Waals surface area (Å²) in [6.45, 7) is 6.56. The lowest BCUT2D eigenvalue weighted by Crippen LogP contribution is -2.34. The summed E-state index contributed by atoms with van der Waals surface area (Å²) in [4.78, 5) is 12.5. The van der Waals surface area contributed by atoms with Gasteiger partial charge in [0, 0.05) is 7.14 Å². The number of H-pyrrole nitrogens is 1. The number of halogens is 2. The maximum absolute atomic E-state index is 12.5. The second kappa shape index (κ2) is 11.9. The number of thioether (sulfide) groups is 1. The molecule has 0 aliphatic rings. The van der Waals surface area contributed by atoms with Gasteiger partial charge >= 0.3 is 5.16 Å². The Kier molecular flexibility index (Phi) is 8.90. The zero-order chi connectivity index (χ0) is 26.6. The molecule has 4 aromatic rings. The fourth-order valence-electron chi connectivity index (χ4n) is 3.54. The molecule has 0 bridgehead atoms. The van der Waals surface area contributed by atoms with Gasteiger partial charge in [-0.05, 0) is 110 Å². The number of hydrazone groups is 1. The van der Waals surface area contributed by atoms with Crippen LogP contribution in [0.2, 0.25) is 0 Å². The van der Waals surface area contributed by atoms with Crippen molar-refractivity contribution in [1.29, 1.82) is 0 Å². The van der Waals surface area contributed by atoms with Crippen molar-refractivity contribution < 1.29 is 14.5 Å². The first-order valence-corrected chi connectivity index (χ1v) is 14.6. The number of para-hydroxylation sites is 1. The van der Waals surface area contributed by atoms with Gasteiger partial charge in [0.1, 0.15) is 5.69 Å². The Hall–Kier alpha value is -2.45. The lowest BCUT2D eigenvalue weighted by molar-refractivity contribution is -0.625. The summed E-state index contributed by atoms with van der Waals surface area (Å²) in [5.41, 5.74) is 6.17. The third-order valence-electron chi connectivity index (χ3n) is 5.47. The molecule has 4 rings (SSSR count). The largest absolute Gasteiger partial charge is 0.871 e. The average molecular weight is 737 g/mol. The van der Waals surface area contributed by atoms with Gasteiger partial charge in [0.15, 0.2) is 0 Å². The molecule has 190 valence electrons. The van der Waals surface area contributed by atoms with Crippen LogP contribution >= 0.6 is 56.9 Å². The number of hydrogen-bond donors (Lipinski definition) is 2. The molecule has 1 heterocycles. The Balaban J connectivity index is 1.52. The molecular weight excluding hydrogens is 712 g/mol. The van der Waals surface area contributed by atoms with Crippen LogP contribution in [0.1, 0.15) is 31.9 Å². The molecule has 1 amide bonds. The molecule has 1 aromatic heterocycles. The van der Waals surface area contributed by atoms with Gasteiger partial charge in [0.2, 0.25) is 0 Å². The summed E-state index contributed by atoms with van der Waals surface area (Å²) in [6, 6.07) is 21.9. The Morgan fingerprint density at radius 1 is 1.14 bits per heavy atom. The molecule has 0 fully saturated rings. The number of carbonyl (C=O) groups is 1. The van der Waals surface area contributed by atoms with Crippen LogP contribution < -0.4 is 15.1 Å². The molecule has 37 heavy (non-hydrogen) atoms. The van der Waals surface area contributed by atoms with Gasteiger partial charge in [0.25, 0.3) is 11.7 Å². The van der Waals surface area contributed by atoms with Crippen LogP contribution in [-0.2, 0) is 10.2 Å². The van der Waals surface area contributed by atoms with E-state index in [4.69, 9.17) is 0 Å². The van der Waals surface area contributed by atoms with Crippen LogP contribution in [0.5, 0.6) is 5.75 Å². The van der Waals surface area contributed by atoms with Crippen LogP contribution in [0.4, 0.5) is 0 Å². The van der Waals surface area contributed by atoms with E-state index in [2.05, 4.69) is 88.4 Å². The molecular formula is C27H25I2N5O2S. The highest BCUT2D eigenvalue weighted by molar-refractivity contribution is 14.1. The quantitative estimate of drug-likeness (QED) is 0.0900. The van der Waals surface area contributed by atoms with Gasteiger partial charge in [-0.1, -0.05) is 56.9 Å². The van der Waals surface area contributed by atoms with Crippen molar-refractivity contribution >= 4 is 69.1 Å². The third kappa shape index (κ3) is 6.90. The van der Waals surface area contributed by atoms with Crippen LogP contribution in [-0.4, -0.2) is 28.1 Å². The van der Waals surface area contributed by atoms with E-state index in [1.807, 2.05) is 57.5 Å². The molecule has 0 saturated carbocycles. The van der Waals surface area contributed by atoms with E-state index in [1.165, 1.54) is 23.5 Å². The molecule has 0 atom stereocenters. The molecule has 0 unspecified atom stereocenters.